The van der Waals surface area contributed by atoms with Gasteiger partial charge in [0.15, 0.2) is 0 Å². The molecule has 8 aromatic rings. The van der Waals surface area contributed by atoms with Crippen LogP contribution in [0, 0.1) is 23.7 Å². The monoisotopic (exact) mass is 926 g/mol. The van der Waals surface area contributed by atoms with Crippen LogP contribution >= 0.6 is 11.3 Å². The minimum absolute atomic E-state index is 0.538. The molecule has 2 saturated carbocycles. The van der Waals surface area contributed by atoms with Crippen LogP contribution in [-0.4, -0.2) is 0 Å². The van der Waals surface area contributed by atoms with Gasteiger partial charge in [-0.1, -0.05) is 128 Å². The Kier molecular flexibility index (Phi) is 9.39. The first-order chi connectivity index (χ1) is 34.6. The molecule has 2 bridgehead atoms. The second-order valence-electron chi connectivity index (χ2n) is 24.0. The van der Waals surface area contributed by atoms with E-state index in [-0.39, 0.29) is 0 Å². The third kappa shape index (κ3) is 6.06. The minimum Gasteiger partial charge on any atom is -0.139 e. The van der Waals surface area contributed by atoms with E-state index in [9.17, 15) is 0 Å². The molecular formula is C69H66S. The highest BCUT2D eigenvalue weighted by Crippen LogP contribution is 2.64. The van der Waals surface area contributed by atoms with E-state index in [1.165, 1.54) is 145 Å². The van der Waals surface area contributed by atoms with E-state index in [0.29, 0.717) is 23.7 Å². The predicted octanol–water partition coefficient (Wildman–Crippen LogP) is 18.3. The van der Waals surface area contributed by atoms with E-state index in [1.54, 1.807) is 81.9 Å². The molecule has 348 valence electrons. The molecule has 0 amide bonds. The number of fused-ring (bicyclic) bond motifs is 1. The second-order valence-corrected chi connectivity index (χ2v) is 25.1. The summed E-state index contributed by atoms with van der Waals surface area (Å²) in [6.07, 6.45) is 26.9. The zero-order chi connectivity index (χ0) is 45.8. The lowest BCUT2D eigenvalue weighted by Gasteiger charge is -2.50. The van der Waals surface area contributed by atoms with Crippen LogP contribution < -0.4 is 0 Å². The summed E-state index contributed by atoms with van der Waals surface area (Å²) in [6.45, 7) is 2.54. The number of aryl methyl sites for hydroxylation is 7. The van der Waals surface area contributed by atoms with Crippen molar-refractivity contribution in [2.75, 3.05) is 0 Å². The molecule has 0 nitrogen and oxygen atoms in total. The van der Waals surface area contributed by atoms with Crippen LogP contribution in [0.1, 0.15) is 156 Å². The minimum atomic E-state index is 0.538. The van der Waals surface area contributed by atoms with Gasteiger partial charge in [0.1, 0.15) is 0 Å². The Labute approximate surface area is 419 Å². The molecule has 8 aliphatic carbocycles. The Morgan fingerprint density at radius 3 is 2.17 bits per heavy atom. The topological polar surface area (TPSA) is 0 Å². The summed E-state index contributed by atoms with van der Waals surface area (Å²) in [6, 6.07) is 42.8. The second kappa shape index (κ2) is 15.9. The molecule has 0 aliphatic heterocycles. The highest BCUT2D eigenvalue weighted by Gasteiger charge is 2.48. The Hall–Kier alpha value is -5.24. The first kappa shape index (κ1) is 41.4. The first-order valence-electron chi connectivity index (χ1n) is 28.2. The van der Waals surface area contributed by atoms with E-state index in [1.807, 2.05) is 0 Å². The highest BCUT2D eigenvalue weighted by atomic mass is 32.1. The van der Waals surface area contributed by atoms with E-state index < -0.39 is 0 Å². The number of benzene rings is 7. The molecule has 1 aromatic heterocycles. The van der Waals surface area contributed by atoms with Crippen LogP contribution in [0.3, 0.4) is 0 Å². The van der Waals surface area contributed by atoms with Crippen molar-refractivity contribution in [2.45, 2.75) is 147 Å². The van der Waals surface area contributed by atoms with Crippen LogP contribution in [0.15, 0.2) is 115 Å². The lowest BCUT2D eigenvalue weighted by Crippen LogP contribution is -2.38. The van der Waals surface area contributed by atoms with Crippen molar-refractivity contribution < 1.29 is 0 Å². The smallest absolute Gasteiger partial charge is 0.0433 e. The van der Waals surface area contributed by atoms with Gasteiger partial charge in [-0.05, 0) is 256 Å². The molecule has 16 rings (SSSR count). The number of hydrogen-bond acceptors (Lipinski definition) is 1. The molecule has 0 saturated heterocycles. The molecule has 7 aromatic carbocycles. The Bertz CT molecular complexity index is 3540. The predicted molar refractivity (Wildman–Crippen MR) is 296 cm³/mol. The Morgan fingerprint density at radius 2 is 1.24 bits per heavy atom. The van der Waals surface area contributed by atoms with E-state index in [0.717, 1.165) is 43.4 Å². The fourth-order valence-corrected chi connectivity index (χ4v) is 19.1. The number of rotatable bonds is 4. The van der Waals surface area contributed by atoms with E-state index >= 15 is 0 Å². The molecule has 0 spiro atoms. The van der Waals surface area contributed by atoms with Crippen molar-refractivity contribution in [3.8, 4) is 32.7 Å². The average molecular weight is 927 g/mol. The third-order valence-electron chi connectivity index (χ3n) is 20.7. The van der Waals surface area contributed by atoms with Gasteiger partial charge in [-0.25, -0.2) is 0 Å². The number of thiophene rings is 1. The normalized spacial score (nSPS) is 26.1. The summed E-state index contributed by atoms with van der Waals surface area (Å²) in [4.78, 5) is 3.30. The maximum Gasteiger partial charge on any atom is 0.0433 e. The van der Waals surface area contributed by atoms with Crippen molar-refractivity contribution >= 4 is 43.7 Å². The van der Waals surface area contributed by atoms with Gasteiger partial charge in [0.2, 0.25) is 0 Å². The first-order valence-corrected chi connectivity index (χ1v) is 29.1. The number of allylic oxidation sites excluding steroid dienone is 2. The van der Waals surface area contributed by atoms with Crippen LogP contribution in [0.5, 0.6) is 0 Å². The van der Waals surface area contributed by atoms with Gasteiger partial charge in [0.25, 0.3) is 0 Å². The SMILES string of the molecule is CC1CCCc2ccc3ccc(-c4sc(C5CCC6CCc7cccc8c7C6C5CC8)c(-c5ccc6c7c5ccc5cccc(c57)CC6)c4-c4ccc5c6c4CC=C4CCCC(CC5)C46)c(c3c2)CC1. The van der Waals surface area contributed by atoms with Gasteiger partial charge in [-0.2, -0.15) is 0 Å². The Balaban J connectivity index is 1.03. The molecule has 0 N–H and O–H groups in total. The van der Waals surface area contributed by atoms with E-state index in [4.69, 9.17) is 0 Å². The quantitative estimate of drug-likeness (QED) is 0.122. The average Bonchev–Trinajstić information content (AvgIpc) is 3.79. The fourth-order valence-electron chi connectivity index (χ4n) is 17.5. The molecule has 1 heteroatoms. The van der Waals surface area contributed by atoms with Crippen molar-refractivity contribution in [1.29, 1.82) is 0 Å². The van der Waals surface area contributed by atoms with Gasteiger partial charge >= 0.3 is 0 Å². The maximum absolute atomic E-state index is 2.75. The van der Waals surface area contributed by atoms with Gasteiger partial charge in [-0.3, -0.25) is 0 Å². The summed E-state index contributed by atoms with van der Waals surface area (Å²) < 4.78 is 0. The van der Waals surface area contributed by atoms with Gasteiger partial charge in [0.05, 0.1) is 0 Å². The maximum atomic E-state index is 2.75. The Morgan fingerprint density at radius 1 is 0.486 bits per heavy atom. The largest absolute Gasteiger partial charge is 0.139 e. The fraction of sp³-hybridized carbons (Fsp3) is 0.391. The van der Waals surface area contributed by atoms with Crippen LogP contribution in [0.4, 0.5) is 0 Å². The molecule has 0 radical (unpaired) electrons. The molecule has 7 unspecified atom stereocenters. The van der Waals surface area contributed by atoms with E-state index in [2.05, 4.69) is 127 Å². The number of hydrogen-bond donors (Lipinski definition) is 0. The molecule has 8 aliphatic rings. The summed E-state index contributed by atoms with van der Waals surface area (Å²) in [7, 11) is 0. The van der Waals surface area contributed by atoms with Crippen molar-refractivity contribution in [2.24, 2.45) is 23.7 Å². The molecule has 2 fully saturated rings. The van der Waals surface area contributed by atoms with Gasteiger partial charge < -0.3 is 0 Å². The standard InChI is InChI=1S/C69H66S/c1-39-6-2-7-40-15-16-41-23-36-57(51(30-14-39)59(41)38-40)68-66(54-33-27-48-20-17-42-8-3-11-45-24-31-52(54)63(48)60(42)45)67(55-34-28-49-21-18-43-9-4-12-46-25-32-53(55)64(49)61(43)46)69(70-68)58-37-29-50-22-19-44-10-5-13-47-26-35-56(58)65(50)62(44)47/h4-5,9-10,12-13,15-16,23-25,27-28,32-34,36,38-39,42,50,56,58,60,65H,2-3,6-8,11,14,17-22,26,29-31,35,37H2,1H3. The van der Waals surface area contributed by atoms with Crippen molar-refractivity contribution in [1.82, 2.24) is 0 Å². The summed E-state index contributed by atoms with van der Waals surface area (Å²) in [5.74, 6) is 4.86. The van der Waals surface area contributed by atoms with Crippen LogP contribution in [0.2, 0.25) is 0 Å². The highest BCUT2D eigenvalue weighted by molar-refractivity contribution is 7.17. The molecule has 7 atom stereocenters. The van der Waals surface area contributed by atoms with Crippen LogP contribution in [0.25, 0.3) is 65.0 Å². The molecule has 1 heterocycles. The summed E-state index contributed by atoms with van der Waals surface area (Å²) in [5.41, 5.74) is 26.1. The van der Waals surface area contributed by atoms with Crippen molar-refractivity contribution in [3.63, 3.8) is 0 Å². The summed E-state index contributed by atoms with van der Waals surface area (Å²) in [5, 5.41) is 8.91. The third-order valence-corrected chi connectivity index (χ3v) is 22.0. The summed E-state index contributed by atoms with van der Waals surface area (Å²) >= 11 is 2.29. The van der Waals surface area contributed by atoms with Crippen LogP contribution in [-0.2, 0) is 51.4 Å². The van der Waals surface area contributed by atoms with Gasteiger partial charge in [0, 0.05) is 26.8 Å². The zero-order valence-electron chi connectivity index (χ0n) is 41.3. The van der Waals surface area contributed by atoms with Crippen molar-refractivity contribution in [3.05, 3.63) is 175 Å². The molecular weight excluding hydrogens is 861 g/mol. The lowest BCUT2D eigenvalue weighted by molar-refractivity contribution is 0.152. The molecule has 70 heavy (non-hydrogen) atoms. The lowest BCUT2D eigenvalue weighted by atomic mass is 9.55. The van der Waals surface area contributed by atoms with Gasteiger partial charge in [-0.15, -0.1) is 11.3 Å². The zero-order valence-corrected chi connectivity index (χ0v) is 42.1.